The lowest BCUT2D eigenvalue weighted by atomic mass is 9.80. The molecule has 1 aliphatic rings. The average Bonchev–Trinajstić information content (AvgIpc) is 2.49. The van der Waals surface area contributed by atoms with Crippen molar-refractivity contribution in [3.63, 3.8) is 0 Å². The van der Waals surface area contributed by atoms with E-state index in [1.165, 1.54) is 0 Å². The molecule has 1 heterocycles. The van der Waals surface area contributed by atoms with Crippen LogP contribution in [-0.2, 0) is 9.47 Å². The minimum absolute atomic E-state index is 0.147. The molecule has 1 aromatic rings. The molecule has 1 aromatic carbocycles. The van der Waals surface area contributed by atoms with Gasteiger partial charge in [-0.05, 0) is 43.5 Å². The van der Waals surface area contributed by atoms with Gasteiger partial charge in [0.15, 0.2) is 0 Å². The van der Waals surface area contributed by atoms with E-state index >= 15 is 0 Å². The smallest absolute Gasteiger partial charge is 0.122 e. The van der Waals surface area contributed by atoms with Gasteiger partial charge in [-0.1, -0.05) is 6.07 Å². The maximum atomic E-state index is 6.63. The molecule has 1 fully saturated rings. The van der Waals surface area contributed by atoms with Crippen LogP contribution in [0.15, 0.2) is 12.1 Å². The Morgan fingerprint density at radius 2 is 1.90 bits per heavy atom. The molecular weight excluding hydrogens is 266 g/mol. The van der Waals surface area contributed by atoms with Crippen LogP contribution < -0.4 is 10.5 Å². The number of aryl methyl sites for hydroxylation is 2. The van der Waals surface area contributed by atoms with Crippen molar-refractivity contribution in [3.05, 3.63) is 28.8 Å². The summed E-state index contributed by atoms with van der Waals surface area (Å²) in [6.45, 7) is 8.24. The van der Waals surface area contributed by atoms with Crippen molar-refractivity contribution in [3.8, 4) is 5.75 Å². The Hall–Kier alpha value is -1.10. The number of hydrogen-bond donors (Lipinski definition) is 1. The van der Waals surface area contributed by atoms with Crippen molar-refractivity contribution in [1.29, 1.82) is 0 Å². The molecule has 21 heavy (non-hydrogen) atoms. The van der Waals surface area contributed by atoms with Crippen LogP contribution in [0.2, 0.25) is 0 Å². The van der Waals surface area contributed by atoms with Gasteiger partial charge in [-0.25, -0.2) is 0 Å². The number of ether oxygens (including phenoxy) is 3. The van der Waals surface area contributed by atoms with Gasteiger partial charge < -0.3 is 19.9 Å². The number of nitrogens with two attached hydrogens (primary N) is 1. The van der Waals surface area contributed by atoms with Gasteiger partial charge in [0.1, 0.15) is 5.75 Å². The molecule has 0 bridgehead atoms. The summed E-state index contributed by atoms with van der Waals surface area (Å²) in [5.41, 5.74) is 9.70. The predicted octanol–water partition coefficient (Wildman–Crippen LogP) is 2.90. The average molecular weight is 293 g/mol. The summed E-state index contributed by atoms with van der Waals surface area (Å²) < 4.78 is 17.0. The van der Waals surface area contributed by atoms with E-state index in [9.17, 15) is 0 Å². The van der Waals surface area contributed by atoms with Crippen LogP contribution in [0.5, 0.6) is 5.75 Å². The van der Waals surface area contributed by atoms with Crippen LogP contribution in [0.25, 0.3) is 0 Å². The zero-order valence-electron chi connectivity index (χ0n) is 13.6. The van der Waals surface area contributed by atoms with E-state index in [1.54, 1.807) is 7.11 Å². The summed E-state index contributed by atoms with van der Waals surface area (Å²) >= 11 is 0. The molecule has 1 atom stereocenters. The molecule has 2 rings (SSSR count). The first kappa shape index (κ1) is 16.3. The van der Waals surface area contributed by atoms with Crippen LogP contribution in [0.1, 0.15) is 42.5 Å². The van der Waals surface area contributed by atoms with Gasteiger partial charge in [0.2, 0.25) is 0 Å². The number of benzene rings is 1. The third kappa shape index (κ3) is 3.23. The van der Waals surface area contributed by atoms with Crippen molar-refractivity contribution >= 4 is 0 Å². The number of rotatable bonds is 5. The van der Waals surface area contributed by atoms with Crippen LogP contribution in [0, 0.1) is 13.8 Å². The Balaban J connectivity index is 2.36. The molecule has 1 unspecified atom stereocenters. The second-order valence-corrected chi connectivity index (χ2v) is 5.77. The fourth-order valence-electron chi connectivity index (χ4n) is 3.20. The number of methoxy groups -OCH3 is 1. The highest BCUT2D eigenvalue weighted by molar-refractivity contribution is 5.43. The maximum Gasteiger partial charge on any atom is 0.122 e. The quantitative estimate of drug-likeness (QED) is 0.907. The Labute approximate surface area is 127 Å². The van der Waals surface area contributed by atoms with Crippen molar-refractivity contribution < 1.29 is 14.2 Å². The van der Waals surface area contributed by atoms with Crippen LogP contribution in [-0.4, -0.2) is 32.5 Å². The molecular formula is C17H27NO3. The first-order valence-electron chi connectivity index (χ1n) is 7.66. The van der Waals surface area contributed by atoms with Gasteiger partial charge in [-0.2, -0.15) is 0 Å². The van der Waals surface area contributed by atoms with Gasteiger partial charge >= 0.3 is 0 Å². The van der Waals surface area contributed by atoms with E-state index in [2.05, 4.69) is 19.1 Å². The highest BCUT2D eigenvalue weighted by Gasteiger charge is 2.40. The lowest BCUT2D eigenvalue weighted by molar-refractivity contribution is -0.121. The van der Waals surface area contributed by atoms with E-state index in [4.69, 9.17) is 19.9 Å². The van der Waals surface area contributed by atoms with Crippen LogP contribution in [0.4, 0.5) is 0 Å². The van der Waals surface area contributed by atoms with Crippen molar-refractivity contribution in [1.82, 2.24) is 0 Å². The van der Waals surface area contributed by atoms with E-state index in [0.717, 1.165) is 35.3 Å². The summed E-state index contributed by atoms with van der Waals surface area (Å²) in [5, 5.41) is 0. The molecule has 0 saturated carbocycles. The van der Waals surface area contributed by atoms with Gasteiger partial charge in [-0.3, -0.25) is 0 Å². The van der Waals surface area contributed by atoms with Crippen molar-refractivity contribution in [2.24, 2.45) is 5.73 Å². The van der Waals surface area contributed by atoms with Crippen LogP contribution in [0.3, 0.4) is 0 Å². The monoisotopic (exact) mass is 293 g/mol. The summed E-state index contributed by atoms with van der Waals surface area (Å²) in [7, 11) is 1.70. The highest BCUT2D eigenvalue weighted by atomic mass is 16.5. The zero-order valence-corrected chi connectivity index (χ0v) is 13.6. The molecule has 0 aliphatic carbocycles. The molecule has 0 aromatic heterocycles. The second kappa shape index (κ2) is 6.77. The second-order valence-electron chi connectivity index (χ2n) is 5.77. The fourth-order valence-corrected chi connectivity index (χ4v) is 3.20. The SMILES string of the molecule is CCOC1(C(N)c2cc(C)c(OC)cc2C)CCOCC1. The van der Waals surface area contributed by atoms with E-state index in [1.807, 2.05) is 13.8 Å². The van der Waals surface area contributed by atoms with Gasteiger partial charge in [-0.15, -0.1) is 0 Å². The van der Waals surface area contributed by atoms with E-state index < -0.39 is 0 Å². The van der Waals surface area contributed by atoms with Crippen molar-refractivity contribution in [2.45, 2.75) is 45.3 Å². The molecule has 4 heteroatoms. The van der Waals surface area contributed by atoms with Crippen LogP contribution >= 0.6 is 0 Å². The third-order valence-corrected chi connectivity index (χ3v) is 4.46. The van der Waals surface area contributed by atoms with Crippen molar-refractivity contribution in [2.75, 3.05) is 26.9 Å². The Morgan fingerprint density at radius 3 is 2.48 bits per heavy atom. The normalized spacial score (nSPS) is 19.3. The molecule has 0 radical (unpaired) electrons. The first-order valence-corrected chi connectivity index (χ1v) is 7.66. The summed E-state index contributed by atoms with van der Waals surface area (Å²) in [6.07, 6.45) is 1.68. The topological polar surface area (TPSA) is 53.7 Å². The molecule has 1 aliphatic heterocycles. The summed E-state index contributed by atoms with van der Waals surface area (Å²) in [5.74, 6) is 0.904. The third-order valence-electron chi connectivity index (χ3n) is 4.46. The van der Waals surface area contributed by atoms with E-state index in [0.29, 0.717) is 19.8 Å². The van der Waals surface area contributed by atoms with Gasteiger partial charge in [0.05, 0.1) is 18.8 Å². The predicted molar refractivity (Wildman–Crippen MR) is 83.8 cm³/mol. The lowest BCUT2D eigenvalue weighted by Gasteiger charge is -2.42. The molecule has 4 nitrogen and oxygen atoms in total. The summed E-state index contributed by atoms with van der Waals surface area (Å²) in [4.78, 5) is 0. The lowest BCUT2D eigenvalue weighted by Crippen LogP contribution is -2.48. The standard InChI is InChI=1S/C17H27NO3/c1-5-21-17(6-8-20-9-7-17)16(18)14-10-13(3)15(19-4)11-12(14)2/h10-11,16H,5-9,18H2,1-4H3. The molecule has 1 saturated heterocycles. The Morgan fingerprint density at radius 1 is 1.24 bits per heavy atom. The minimum Gasteiger partial charge on any atom is -0.496 e. The van der Waals surface area contributed by atoms with Gasteiger partial charge in [0, 0.05) is 32.7 Å². The first-order chi connectivity index (χ1) is 10.0. The largest absolute Gasteiger partial charge is 0.496 e. The fraction of sp³-hybridized carbons (Fsp3) is 0.647. The van der Waals surface area contributed by atoms with Gasteiger partial charge in [0.25, 0.3) is 0 Å². The van der Waals surface area contributed by atoms with E-state index in [-0.39, 0.29) is 11.6 Å². The highest BCUT2D eigenvalue weighted by Crippen LogP contribution is 2.38. The maximum absolute atomic E-state index is 6.63. The Bertz CT molecular complexity index is 476. The minimum atomic E-state index is -0.321. The Kier molecular flexibility index (Phi) is 5.25. The molecule has 118 valence electrons. The molecule has 0 amide bonds. The number of hydrogen-bond acceptors (Lipinski definition) is 4. The molecule has 0 spiro atoms. The molecule has 2 N–H and O–H groups in total. The summed E-state index contributed by atoms with van der Waals surface area (Å²) in [6, 6.07) is 4.05. The zero-order chi connectivity index (χ0) is 15.5.